The Morgan fingerprint density at radius 2 is 1.89 bits per heavy atom. The SMILES string of the molecule is CCC(=O)N(OC)C(C)c1cccc2ccccc12. The van der Waals surface area contributed by atoms with Crippen LogP contribution in [0.25, 0.3) is 10.8 Å². The van der Waals surface area contributed by atoms with E-state index in [9.17, 15) is 4.79 Å². The molecule has 0 aromatic heterocycles. The van der Waals surface area contributed by atoms with Gasteiger partial charge in [-0.1, -0.05) is 49.4 Å². The Morgan fingerprint density at radius 3 is 2.58 bits per heavy atom. The summed E-state index contributed by atoms with van der Waals surface area (Å²) in [5, 5.41) is 3.78. The Labute approximate surface area is 113 Å². The number of carbonyl (C=O) groups excluding carboxylic acids is 1. The number of nitrogens with zero attached hydrogens (tertiary/aromatic N) is 1. The minimum absolute atomic E-state index is 0.0112. The average Bonchev–Trinajstić information content (AvgIpc) is 2.47. The van der Waals surface area contributed by atoms with Crippen molar-refractivity contribution < 1.29 is 9.63 Å². The molecule has 0 heterocycles. The monoisotopic (exact) mass is 257 g/mol. The van der Waals surface area contributed by atoms with Crippen LogP contribution in [0.1, 0.15) is 31.9 Å². The lowest BCUT2D eigenvalue weighted by atomic mass is 9.99. The maximum atomic E-state index is 11.9. The maximum Gasteiger partial charge on any atom is 0.246 e. The van der Waals surface area contributed by atoms with Gasteiger partial charge in [0, 0.05) is 6.42 Å². The van der Waals surface area contributed by atoms with Crippen molar-refractivity contribution in [1.82, 2.24) is 5.06 Å². The molecule has 1 amide bonds. The molecule has 100 valence electrons. The van der Waals surface area contributed by atoms with Crippen molar-refractivity contribution in [3.05, 3.63) is 48.0 Å². The molecule has 0 aliphatic heterocycles. The third-order valence-electron chi connectivity index (χ3n) is 3.37. The zero-order chi connectivity index (χ0) is 13.8. The molecule has 0 saturated heterocycles. The molecule has 0 aliphatic carbocycles. The Bertz CT molecular complexity index is 574. The van der Waals surface area contributed by atoms with Gasteiger partial charge in [-0.05, 0) is 23.3 Å². The van der Waals surface area contributed by atoms with Gasteiger partial charge in [0.15, 0.2) is 0 Å². The first-order valence-corrected chi connectivity index (χ1v) is 6.52. The van der Waals surface area contributed by atoms with Crippen molar-refractivity contribution in [2.75, 3.05) is 7.11 Å². The van der Waals surface area contributed by atoms with E-state index in [1.807, 2.05) is 38.1 Å². The molecule has 2 aromatic rings. The average molecular weight is 257 g/mol. The summed E-state index contributed by atoms with van der Waals surface area (Å²) < 4.78 is 0. The summed E-state index contributed by atoms with van der Waals surface area (Å²) in [6.07, 6.45) is 0.433. The fourth-order valence-electron chi connectivity index (χ4n) is 2.37. The molecular weight excluding hydrogens is 238 g/mol. The molecule has 1 atom stereocenters. The number of fused-ring (bicyclic) bond motifs is 1. The molecule has 3 nitrogen and oxygen atoms in total. The number of hydrogen-bond donors (Lipinski definition) is 0. The van der Waals surface area contributed by atoms with Crippen molar-refractivity contribution in [2.45, 2.75) is 26.3 Å². The van der Waals surface area contributed by atoms with Crippen LogP contribution < -0.4 is 0 Å². The van der Waals surface area contributed by atoms with E-state index in [2.05, 4.69) is 18.2 Å². The van der Waals surface area contributed by atoms with Gasteiger partial charge in [0.25, 0.3) is 0 Å². The van der Waals surface area contributed by atoms with E-state index in [1.165, 1.54) is 17.6 Å². The van der Waals surface area contributed by atoms with Crippen molar-refractivity contribution in [1.29, 1.82) is 0 Å². The van der Waals surface area contributed by atoms with Crippen molar-refractivity contribution in [3.8, 4) is 0 Å². The fourth-order valence-corrected chi connectivity index (χ4v) is 2.37. The summed E-state index contributed by atoms with van der Waals surface area (Å²) in [5.74, 6) is -0.0112. The van der Waals surface area contributed by atoms with Crippen LogP contribution in [-0.4, -0.2) is 18.1 Å². The Kier molecular flexibility index (Phi) is 4.17. The van der Waals surface area contributed by atoms with E-state index in [0.717, 1.165) is 10.9 Å². The summed E-state index contributed by atoms with van der Waals surface area (Å²) in [6.45, 7) is 3.82. The molecule has 1 unspecified atom stereocenters. The molecule has 0 fully saturated rings. The van der Waals surface area contributed by atoms with E-state index in [-0.39, 0.29) is 11.9 Å². The molecule has 3 heteroatoms. The molecule has 0 N–H and O–H groups in total. The quantitative estimate of drug-likeness (QED) is 0.782. The first kappa shape index (κ1) is 13.6. The predicted molar refractivity (Wildman–Crippen MR) is 76.5 cm³/mol. The third-order valence-corrected chi connectivity index (χ3v) is 3.37. The van der Waals surface area contributed by atoms with Crippen LogP contribution in [-0.2, 0) is 9.63 Å². The Balaban J connectivity index is 2.46. The molecule has 0 bridgehead atoms. The van der Waals surface area contributed by atoms with Gasteiger partial charge in [-0.25, -0.2) is 5.06 Å². The summed E-state index contributed by atoms with van der Waals surface area (Å²) >= 11 is 0. The lowest BCUT2D eigenvalue weighted by Crippen LogP contribution is -2.32. The molecule has 0 spiro atoms. The number of carbonyl (C=O) groups is 1. The largest absolute Gasteiger partial charge is 0.274 e. The maximum absolute atomic E-state index is 11.9. The smallest absolute Gasteiger partial charge is 0.246 e. The van der Waals surface area contributed by atoms with E-state index < -0.39 is 0 Å². The van der Waals surface area contributed by atoms with Crippen LogP contribution in [0.15, 0.2) is 42.5 Å². The number of rotatable bonds is 4. The fraction of sp³-hybridized carbons (Fsp3) is 0.312. The zero-order valence-electron chi connectivity index (χ0n) is 11.6. The van der Waals surface area contributed by atoms with Gasteiger partial charge in [-0.2, -0.15) is 0 Å². The summed E-state index contributed by atoms with van der Waals surface area (Å²) in [5.41, 5.74) is 1.10. The normalized spacial score (nSPS) is 12.4. The Hall–Kier alpha value is -1.87. The van der Waals surface area contributed by atoms with Crippen LogP contribution >= 0.6 is 0 Å². The number of benzene rings is 2. The lowest BCUT2D eigenvalue weighted by Gasteiger charge is -2.27. The van der Waals surface area contributed by atoms with Gasteiger partial charge in [-0.15, -0.1) is 0 Å². The van der Waals surface area contributed by atoms with E-state index in [0.29, 0.717) is 6.42 Å². The molecule has 0 radical (unpaired) electrons. The predicted octanol–water partition coefficient (Wildman–Crippen LogP) is 3.70. The standard InChI is InChI=1S/C16H19NO2/c1-4-16(18)17(19-3)12(2)14-11-7-9-13-8-5-6-10-15(13)14/h5-12H,4H2,1-3H3. The minimum Gasteiger partial charge on any atom is -0.274 e. The number of hydrogen-bond acceptors (Lipinski definition) is 2. The van der Waals surface area contributed by atoms with E-state index >= 15 is 0 Å². The van der Waals surface area contributed by atoms with Crippen molar-refractivity contribution >= 4 is 16.7 Å². The first-order chi connectivity index (χ1) is 9.19. The molecule has 19 heavy (non-hydrogen) atoms. The van der Waals surface area contributed by atoms with Crippen LogP contribution in [0, 0.1) is 0 Å². The number of amides is 1. The van der Waals surface area contributed by atoms with Gasteiger partial charge < -0.3 is 0 Å². The first-order valence-electron chi connectivity index (χ1n) is 6.52. The highest BCUT2D eigenvalue weighted by molar-refractivity contribution is 5.86. The van der Waals surface area contributed by atoms with E-state index in [4.69, 9.17) is 4.84 Å². The van der Waals surface area contributed by atoms with Gasteiger partial charge in [0.2, 0.25) is 5.91 Å². The Morgan fingerprint density at radius 1 is 1.21 bits per heavy atom. The van der Waals surface area contributed by atoms with Gasteiger partial charge >= 0.3 is 0 Å². The second kappa shape index (κ2) is 5.85. The second-order valence-electron chi connectivity index (χ2n) is 4.50. The van der Waals surface area contributed by atoms with Crippen LogP contribution in [0.3, 0.4) is 0 Å². The number of hydroxylamine groups is 2. The van der Waals surface area contributed by atoms with Crippen LogP contribution in [0.5, 0.6) is 0 Å². The zero-order valence-corrected chi connectivity index (χ0v) is 11.6. The van der Waals surface area contributed by atoms with Crippen molar-refractivity contribution in [3.63, 3.8) is 0 Å². The highest BCUT2D eigenvalue weighted by Gasteiger charge is 2.21. The summed E-state index contributed by atoms with van der Waals surface area (Å²) in [4.78, 5) is 17.1. The van der Waals surface area contributed by atoms with Gasteiger partial charge in [0.05, 0.1) is 13.2 Å². The molecule has 2 rings (SSSR count). The molecule has 0 aliphatic rings. The molecule has 2 aromatic carbocycles. The van der Waals surface area contributed by atoms with Crippen molar-refractivity contribution in [2.24, 2.45) is 0 Å². The summed E-state index contributed by atoms with van der Waals surface area (Å²) in [7, 11) is 1.54. The van der Waals surface area contributed by atoms with Crippen LogP contribution in [0.4, 0.5) is 0 Å². The second-order valence-corrected chi connectivity index (χ2v) is 4.50. The molecule has 0 saturated carbocycles. The highest BCUT2D eigenvalue weighted by atomic mass is 16.7. The summed E-state index contributed by atoms with van der Waals surface area (Å²) in [6, 6.07) is 14.2. The topological polar surface area (TPSA) is 29.5 Å². The molecular formula is C16H19NO2. The highest BCUT2D eigenvalue weighted by Crippen LogP contribution is 2.28. The van der Waals surface area contributed by atoms with Crippen LogP contribution in [0.2, 0.25) is 0 Å². The van der Waals surface area contributed by atoms with E-state index in [1.54, 1.807) is 0 Å². The minimum atomic E-state index is -0.108. The lowest BCUT2D eigenvalue weighted by molar-refractivity contribution is -0.187. The third kappa shape index (κ3) is 2.61. The van der Waals surface area contributed by atoms with Gasteiger partial charge in [-0.3, -0.25) is 9.63 Å². The van der Waals surface area contributed by atoms with Gasteiger partial charge in [0.1, 0.15) is 0 Å².